The van der Waals surface area contributed by atoms with E-state index in [-0.39, 0.29) is 21.9 Å². The first kappa shape index (κ1) is 18.1. The minimum atomic E-state index is -0.678. The number of halogens is 1. The van der Waals surface area contributed by atoms with Crippen molar-refractivity contribution in [3.8, 4) is 11.3 Å². The van der Waals surface area contributed by atoms with Gasteiger partial charge < -0.3 is 10.7 Å². The molecule has 134 valence electrons. The minimum absolute atomic E-state index is 0.0800. The first-order valence-corrected chi connectivity index (χ1v) is 8.66. The second-order valence-corrected chi connectivity index (χ2v) is 7.86. The fraction of sp³-hybridized carbons (Fsp3) is 0.250. The van der Waals surface area contributed by atoms with E-state index in [1.165, 1.54) is 6.07 Å². The average Bonchev–Trinajstić information content (AvgIpc) is 2.54. The maximum absolute atomic E-state index is 12.6. The number of amides is 1. The van der Waals surface area contributed by atoms with Crippen LogP contribution in [-0.2, 0) is 5.41 Å². The van der Waals surface area contributed by atoms with Gasteiger partial charge in [0, 0.05) is 22.7 Å². The summed E-state index contributed by atoms with van der Waals surface area (Å²) in [5, 5.41) is 0.900. The third-order valence-corrected chi connectivity index (χ3v) is 4.76. The van der Waals surface area contributed by atoms with Gasteiger partial charge >= 0.3 is 5.91 Å². The molecule has 2 heterocycles. The Hall–Kier alpha value is -2.66. The summed E-state index contributed by atoms with van der Waals surface area (Å²) < 4.78 is 0. The smallest absolute Gasteiger partial charge is 0.314 e. The van der Waals surface area contributed by atoms with Crippen molar-refractivity contribution in [2.75, 3.05) is 0 Å². The molecule has 0 spiro atoms. The predicted molar refractivity (Wildman–Crippen MR) is 104 cm³/mol. The van der Waals surface area contributed by atoms with Gasteiger partial charge in [0.25, 0.3) is 5.69 Å². The second-order valence-electron chi connectivity index (χ2n) is 7.45. The zero-order valence-electron chi connectivity index (χ0n) is 15.2. The van der Waals surface area contributed by atoms with E-state index in [1.807, 2.05) is 19.1 Å². The molecule has 0 fully saturated rings. The van der Waals surface area contributed by atoms with Crippen LogP contribution in [0.25, 0.3) is 22.2 Å². The lowest BCUT2D eigenvalue weighted by Crippen LogP contribution is -2.26. The summed E-state index contributed by atoms with van der Waals surface area (Å²) in [4.78, 5) is 30.2. The SMILES string of the molecule is Cc1cc(C(C)(C)C)c(Cl)cc1-c1cc(=O)c2c(C(N)=O)[nH+]ccc2[nH]1. The topological polar surface area (TPSA) is 90.1 Å². The number of H-pyrrole nitrogens is 2. The van der Waals surface area contributed by atoms with Crippen LogP contribution in [0.2, 0.25) is 5.02 Å². The molecule has 0 aliphatic carbocycles. The maximum atomic E-state index is 12.6. The Morgan fingerprint density at radius 3 is 2.54 bits per heavy atom. The van der Waals surface area contributed by atoms with Gasteiger partial charge in [0.2, 0.25) is 0 Å². The molecule has 3 rings (SSSR count). The summed E-state index contributed by atoms with van der Waals surface area (Å²) in [5.41, 5.74) is 9.17. The van der Waals surface area contributed by atoms with Crippen molar-refractivity contribution in [2.24, 2.45) is 5.73 Å². The molecule has 0 aliphatic rings. The molecule has 5 nitrogen and oxygen atoms in total. The molecule has 26 heavy (non-hydrogen) atoms. The van der Waals surface area contributed by atoms with Gasteiger partial charge in [-0.05, 0) is 29.5 Å². The van der Waals surface area contributed by atoms with Gasteiger partial charge in [-0.3, -0.25) is 9.59 Å². The number of benzene rings is 1. The Morgan fingerprint density at radius 2 is 1.92 bits per heavy atom. The zero-order chi connectivity index (χ0) is 19.2. The van der Waals surface area contributed by atoms with Crippen molar-refractivity contribution in [1.29, 1.82) is 0 Å². The van der Waals surface area contributed by atoms with Gasteiger partial charge in [0.15, 0.2) is 11.6 Å². The number of hydrogen-bond donors (Lipinski definition) is 2. The number of hydrogen-bond acceptors (Lipinski definition) is 2. The molecule has 1 amide bonds. The third-order valence-electron chi connectivity index (χ3n) is 4.45. The van der Waals surface area contributed by atoms with Crippen LogP contribution in [0.5, 0.6) is 0 Å². The summed E-state index contributed by atoms with van der Waals surface area (Å²) in [6.07, 6.45) is 1.57. The van der Waals surface area contributed by atoms with E-state index in [0.29, 0.717) is 16.2 Å². The molecule has 3 aromatic rings. The fourth-order valence-electron chi connectivity index (χ4n) is 3.13. The van der Waals surface area contributed by atoms with E-state index in [2.05, 4.69) is 30.7 Å². The highest BCUT2D eigenvalue weighted by atomic mass is 35.5. The molecule has 0 bridgehead atoms. The molecule has 6 heteroatoms. The van der Waals surface area contributed by atoms with Crippen LogP contribution >= 0.6 is 11.6 Å². The number of primary amides is 1. The minimum Gasteiger partial charge on any atom is -0.360 e. The lowest BCUT2D eigenvalue weighted by molar-refractivity contribution is -0.379. The van der Waals surface area contributed by atoms with Crippen LogP contribution in [0, 0.1) is 6.92 Å². The quantitative estimate of drug-likeness (QED) is 0.724. The van der Waals surface area contributed by atoms with Crippen LogP contribution in [0.4, 0.5) is 0 Å². The second kappa shape index (κ2) is 6.25. The van der Waals surface area contributed by atoms with Crippen molar-refractivity contribution in [2.45, 2.75) is 33.1 Å². The van der Waals surface area contributed by atoms with Gasteiger partial charge in [-0.2, -0.15) is 0 Å². The van der Waals surface area contributed by atoms with E-state index in [1.54, 1.807) is 12.3 Å². The van der Waals surface area contributed by atoms with Crippen LogP contribution in [0.1, 0.15) is 42.4 Å². The summed E-state index contributed by atoms with van der Waals surface area (Å²) in [6, 6.07) is 7.09. The van der Waals surface area contributed by atoms with Crippen molar-refractivity contribution < 1.29 is 9.78 Å². The van der Waals surface area contributed by atoms with Crippen molar-refractivity contribution in [1.82, 2.24) is 4.98 Å². The Labute approximate surface area is 156 Å². The Balaban J connectivity index is 2.26. The van der Waals surface area contributed by atoms with E-state index >= 15 is 0 Å². The molecular formula is C20H21ClN3O2+. The molecule has 0 saturated carbocycles. The summed E-state index contributed by atoms with van der Waals surface area (Å²) in [6.45, 7) is 8.30. The molecule has 2 aromatic heterocycles. The summed E-state index contributed by atoms with van der Waals surface area (Å²) >= 11 is 6.50. The number of nitrogens with two attached hydrogens (primary N) is 1. The van der Waals surface area contributed by atoms with Gasteiger partial charge in [0.1, 0.15) is 5.39 Å². The molecule has 0 atom stereocenters. The molecule has 4 N–H and O–H groups in total. The molecule has 0 saturated heterocycles. The number of aryl methyl sites for hydroxylation is 1. The molecular weight excluding hydrogens is 350 g/mol. The van der Waals surface area contributed by atoms with Gasteiger partial charge in [-0.15, -0.1) is 0 Å². The molecule has 0 unspecified atom stereocenters. The zero-order valence-corrected chi connectivity index (χ0v) is 15.9. The van der Waals surface area contributed by atoms with Gasteiger partial charge in [-0.25, -0.2) is 4.98 Å². The number of carbonyl (C=O) groups excluding carboxylic acids is 1. The highest BCUT2D eigenvalue weighted by molar-refractivity contribution is 6.31. The summed E-state index contributed by atoms with van der Waals surface area (Å²) in [5.74, 6) is -0.678. The number of pyridine rings is 2. The highest BCUT2D eigenvalue weighted by Crippen LogP contribution is 2.35. The van der Waals surface area contributed by atoms with Gasteiger partial charge in [-0.1, -0.05) is 38.4 Å². The monoisotopic (exact) mass is 370 g/mol. The van der Waals surface area contributed by atoms with Crippen LogP contribution in [-0.4, -0.2) is 10.9 Å². The normalized spacial score (nSPS) is 11.7. The average molecular weight is 371 g/mol. The standard InChI is InChI=1S/C20H20ClN3O2/c1-10-7-12(20(2,3)4)13(21)8-11(10)15-9-16(25)17-14(24-15)5-6-23-18(17)19(22)26/h5-9H,1-4H3,(H2,22,26)(H,24,25)/p+1. The van der Waals surface area contributed by atoms with Gasteiger partial charge in [0.05, 0.1) is 11.2 Å². The summed E-state index contributed by atoms with van der Waals surface area (Å²) in [7, 11) is 0. The van der Waals surface area contributed by atoms with E-state index in [4.69, 9.17) is 17.3 Å². The van der Waals surface area contributed by atoms with E-state index in [9.17, 15) is 9.59 Å². The molecule has 0 radical (unpaired) electrons. The predicted octanol–water partition coefficient (Wildman–Crippen LogP) is 3.37. The third kappa shape index (κ3) is 3.10. The number of rotatable bonds is 2. The maximum Gasteiger partial charge on any atom is 0.314 e. The van der Waals surface area contributed by atoms with E-state index in [0.717, 1.165) is 16.7 Å². The van der Waals surface area contributed by atoms with Crippen LogP contribution < -0.4 is 16.1 Å². The largest absolute Gasteiger partial charge is 0.360 e. The first-order chi connectivity index (χ1) is 12.1. The molecule has 1 aromatic carbocycles. The fourth-order valence-corrected chi connectivity index (χ4v) is 3.58. The van der Waals surface area contributed by atoms with Crippen LogP contribution in [0.15, 0.2) is 35.3 Å². The number of fused-ring (bicyclic) bond motifs is 1. The van der Waals surface area contributed by atoms with Crippen molar-refractivity contribution in [3.05, 3.63) is 62.5 Å². The highest BCUT2D eigenvalue weighted by Gasteiger charge is 2.21. The van der Waals surface area contributed by atoms with E-state index < -0.39 is 5.91 Å². The lowest BCUT2D eigenvalue weighted by atomic mass is 9.85. The number of carbonyl (C=O) groups is 1. The number of aromatic nitrogens is 2. The van der Waals surface area contributed by atoms with Crippen molar-refractivity contribution >= 4 is 28.4 Å². The molecule has 0 aliphatic heterocycles. The lowest BCUT2D eigenvalue weighted by Gasteiger charge is -2.22. The number of aromatic amines is 2. The first-order valence-electron chi connectivity index (χ1n) is 8.28. The Morgan fingerprint density at radius 1 is 1.23 bits per heavy atom. The van der Waals surface area contributed by atoms with Crippen molar-refractivity contribution in [3.63, 3.8) is 0 Å². The van der Waals surface area contributed by atoms with Crippen LogP contribution in [0.3, 0.4) is 0 Å². The Kier molecular flexibility index (Phi) is 4.36. The Bertz CT molecular complexity index is 1090. The number of nitrogens with one attached hydrogen (secondary N) is 2.